The maximum absolute atomic E-state index is 12.1. The summed E-state index contributed by atoms with van der Waals surface area (Å²) in [5, 5.41) is 2.62. The Labute approximate surface area is 133 Å². The molecular formula is C13H19BrN2O4S. The molecule has 0 saturated heterocycles. The van der Waals surface area contributed by atoms with Crippen LogP contribution < -0.4 is 10.0 Å². The fourth-order valence-corrected chi connectivity index (χ4v) is 2.91. The second-order valence-electron chi connectivity index (χ2n) is 4.40. The van der Waals surface area contributed by atoms with Crippen molar-refractivity contribution in [1.29, 1.82) is 0 Å². The van der Waals surface area contributed by atoms with Gasteiger partial charge in [-0.05, 0) is 30.7 Å². The molecule has 118 valence electrons. The van der Waals surface area contributed by atoms with E-state index in [1.165, 1.54) is 6.07 Å². The van der Waals surface area contributed by atoms with Crippen molar-refractivity contribution >= 4 is 31.9 Å². The number of aryl methyl sites for hydroxylation is 1. The molecule has 1 aromatic rings. The zero-order chi connectivity index (χ0) is 15.9. The molecule has 1 aromatic carbocycles. The second-order valence-corrected chi connectivity index (χ2v) is 7.02. The maximum atomic E-state index is 12.1. The van der Waals surface area contributed by atoms with E-state index in [2.05, 4.69) is 26.0 Å². The van der Waals surface area contributed by atoms with Crippen molar-refractivity contribution < 1.29 is 17.9 Å². The maximum Gasteiger partial charge on any atom is 0.240 e. The minimum absolute atomic E-state index is 0.0518. The van der Waals surface area contributed by atoms with Crippen molar-refractivity contribution in [3.8, 4) is 0 Å². The highest BCUT2D eigenvalue weighted by molar-refractivity contribution is 9.10. The van der Waals surface area contributed by atoms with Crippen LogP contribution in [0.15, 0.2) is 27.6 Å². The van der Waals surface area contributed by atoms with Crippen molar-refractivity contribution in [1.82, 2.24) is 10.0 Å². The normalized spacial score (nSPS) is 11.4. The van der Waals surface area contributed by atoms with Crippen LogP contribution in [-0.4, -0.2) is 41.1 Å². The minimum atomic E-state index is -3.60. The third kappa shape index (κ3) is 6.13. The smallest absolute Gasteiger partial charge is 0.240 e. The van der Waals surface area contributed by atoms with Gasteiger partial charge in [0.1, 0.15) is 0 Å². The third-order valence-electron chi connectivity index (χ3n) is 2.71. The van der Waals surface area contributed by atoms with E-state index in [-0.39, 0.29) is 23.8 Å². The standard InChI is InChI=1S/C13H19BrN2O4S/c1-10-9-11(3-4-12(10)14)21(18,19)16-6-5-13(17)15-7-8-20-2/h3-4,9,16H,5-8H2,1-2H3,(H,15,17). The van der Waals surface area contributed by atoms with Gasteiger partial charge >= 0.3 is 0 Å². The Balaban J connectivity index is 2.50. The zero-order valence-electron chi connectivity index (χ0n) is 12.0. The topological polar surface area (TPSA) is 84.5 Å². The minimum Gasteiger partial charge on any atom is -0.383 e. The Morgan fingerprint density at radius 2 is 2.05 bits per heavy atom. The number of methoxy groups -OCH3 is 1. The number of hydrogen-bond donors (Lipinski definition) is 2. The summed E-state index contributed by atoms with van der Waals surface area (Å²) < 4.78 is 32.2. The third-order valence-corrected chi connectivity index (χ3v) is 5.06. The van der Waals surface area contributed by atoms with E-state index < -0.39 is 10.0 Å². The zero-order valence-corrected chi connectivity index (χ0v) is 14.4. The van der Waals surface area contributed by atoms with Crippen LogP contribution in [0.4, 0.5) is 0 Å². The first kappa shape index (κ1) is 18.1. The van der Waals surface area contributed by atoms with Gasteiger partial charge in [0, 0.05) is 31.1 Å². The number of hydrogen-bond acceptors (Lipinski definition) is 4. The molecule has 2 N–H and O–H groups in total. The van der Waals surface area contributed by atoms with Gasteiger partial charge < -0.3 is 10.1 Å². The number of nitrogens with one attached hydrogen (secondary N) is 2. The molecule has 0 heterocycles. The molecule has 0 aromatic heterocycles. The van der Waals surface area contributed by atoms with Gasteiger partial charge in [0.2, 0.25) is 15.9 Å². The average molecular weight is 379 g/mol. The fraction of sp³-hybridized carbons (Fsp3) is 0.462. The van der Waals surface area contributed by atoms with E-state index in [0.717, 1.165) is 10.0 Å². The fourth-order valence-electron chi connectivity index (χ4n) is 1.55. The van der Waals surface area contributed by atoms with E-state index in [1.54, 1.807) is 19.2 Å². The molecule has 0 aliphatic carbocycles. The van der Waals surface area contributed by atoms with Crippen molar-refractivity contribution in [3.05, 3.63) is 28.2 Å². The Morgan fingerprint density at radius 3 is 2.67 bits per heavy atom. The molecule has 8 heteroatoms. The summed E-state index contributed by atoms with van der Waals surface area (Å²) in [4.78, 5) is 11.6. The molecule has 0 aliphatic heterocycles. The SMILES string of the molecule is COCCNC(=O)CCNS(=O)(=O)c1ccc(Br)c(C)c1. The van der Waals surface area contributed by atoms with E-state index in [9.17, 15) is 13.2 Å². The van der Waals surface area contributed by atoms with Gasteiger partial charge in [-0.25, -0.2) is 13.1 Å². The summed E-state index contributed by atoms with van der Waals surface area (Å²) in [5.41, 5.74) is 0.829. The monoisotopic (exact) mass is 378 g/mol. The lowest BCUT2D eigenvalue weighted by Crippen LogP contribution is -2.32. The molecular weight excluding hydrogens is 360 g/mol. The molecule has 0 radical (unpaired) electrons. The number of benzene rings is 1. The quantitative estimate of drug-likeness (QED) is 0.665. The Hall–Kier alpha value is -0.960. The highest BCUT2D eigenvalue weighted by atomic mass is 79.9. The van der Waals surface area contributed by atoms with Crippen LogP contribution in [0.1, 0.15) is 12.0 Å². The summed E-state index contributed by atoms with van der Waals surface area (Å²) in [6.07, 6.45) is 0.0818. The van der Waals surface area contributed by atoms with Crippen molar-refractivity contribution in [2.75, 3.05) is 26.8 Å². The number of carbonyl (C=O) groups excluding carboxylic acids is 1. The predicted octanol–water partition coefficient (Wildman–Crippen LogP) is 1.19. The molecule has 1 amide bonds. The number of ether oxygens (including phenoxy) is 1. The predicted molar refractivity (Wildman–Crippen MR) is 83.6 cm³/mol. The molecule has 6 nitrogen and oxygen atoms in total. The lowest BCUT2D eigenvalue weighted by molar-refractivity contribution is -0.121. The first-order valence-electron chi connectivity index (χ1n) is 6.38. The van der Waals surface area contributed by atoms with Crippen LogP contribution in [0.25, 0.3) is 0 Å². The molecule has 1 rings (SSSR count). The van der Waals surface area contributed by atoms with Gasteiger partial charge in [0.15, 0.2) is 0 Å². The van der Waals surface area contributed by atoms with Crippen LogP contribution in [-0.2, 0) is 19.6 Å². The van der Waals surface area contributed by atoms with Crippen LogP contribution >= 0.6 is 15.9 Å². The van der Waals surface area contributed by atoms with Gasteiger partial charge in [-0.15, -0.1) is 0 Å². The summed E-state index contributed by atoms with van der Waals surface area (Å²) in [5.74, 6) is -0.221. The molecule has 0 bridgehead atoms. The number of sulfonamides is 1. The molecule has 0 fully saturated rings. The van der Waals surface area contributed by atoms with Gasteiger partial charge in [-0.3, -0.25) is 4.79 Å². The molecule has 0 atom stereocenters. The van der Waals surface area contributed by atoms with Crippen LogP contribution in [0.2, 0.25) is 0 Å². The lowest BCUT2D eigenvalue weighted by atomic mass is 10.2. The van der Waals surface area contributed by atoms with Gasteiger partial charge in [0.05, 0.1) is 11.5 Å². The Morgan fingerprint density at radius 1 is 1.33 bits per heavy atom. The first-order chi connectivity index (χ1) is 9.86. The number of amides is 1. The lowest BCUT2D eigenvalue weighted by Gasteiger charge is -2.08. The van der Waals surface area contributed by atoms with Gasteiger partial charge in [-0.1, -0.05) is 15.9 Å². The van der Waals surface area contributed by atoms with Crippen molar-refractivity contribution in [3.63, 3.8) is 0 Å². The number of rotatable bonds is 8. The molecule has 0 unspecified atom stereocenters. The van der Waals surface area contributed by atoms with Gasteiger partial charge in [0.25, 0.3) is 0 Å². The summed E-state index contributed by atoms with van der Waals surface area (Å²) >= 11 is 3.32. The highest BCUT2D eigenvalue weighted by Gasteiger charge is 2.14. The van der Waals surface area contributed by atoms with Crippen LogP contribution in [0.3, 0.4) is 0 Å². The van der Waals surface area contributed by atoms with Crippen molar-refractivity contribution in [2.45, 2.75) is 18.2 Å². The van der Waals surface area contributed by atoms with Crippen LogP contribution in [0.5, 0.6) is 0 Å². The second kappa shape index (κ2) is 8.47. The van der Waals surface area contributed by atoms with E-state index in [4.69, 9.17) is 4.74 Å². The Bertz CT molecular complexity index is 590. The molecule has 0 spiro atoms. The van der Waals surface area contributed by atoms with E-state index in [1.807, 2.05) is 6.92 Å². The summed E-state index contributed by atoms with van der Waals surface area (Å²) in [6.45, 7) is 2.70. The molecule has 0 aliphatic rings. The molecule has 21 heavy (non-hydrogen) atoms. The number of carbonyl (C=O) groups is 1. The Kier molecular flexibility index (Phi) is 7.30. The van der Waals surface area contributed by atoms with E-state index in [0.29, 0.717) is 13.2 Å². The largest absolute Gasteiger partial charge is 0.383 e. The van der Waals surface area contributed by atoms with E-state index >= 15 is 0 Å². The summed E-state index contributed by atoms with van der Waals surface area (Å²) in [7, 11) is -2.05. The molecule has 0 saturated carbocycles. The number of halogens is 1. The summed E-state index contributed by atoms with van der Waals surface area (Å²) in [6, 6.07) is 4.77. The average Bonchev–Trinajstić information content (AvgIpc) is 2.42. The van der Waals surface area contributed by atoms with Gasteiger partial charge in [-0.2, -0.15) is 0 Å². The highest BCUT2D eigenvalue weighted by Crippen LogP contribution is 2.19. The van der Waals surface area contributed by atoms with Crippen molar-refractivity contribution in [2.24, 2.45) is 0 Å². The van der Waals surface area contributed by atoms with Crippen LogP contribution in [0, 0.1) is 6.92 Å². The first-order valence-corrected chi connectivity index (χ1v) is 8.66.